The molecule has 20 heavy (non-hydrogen) atoms. The summed E-state index contributed by atoms with van der Waals surface area (Å²) in [4.78, 5) is 28.9. The van der Waals surface area contributed by atoms with Gasteiger partial charge in [-0.2, -0.15) is 0 Å². The number of aromatic nitrogens is 2. The Morgan fingerprint density at radius 3 is 2.90 bits per heavy atom. The molecule has 0 aromatic carbocycles. The first-order valence-corrected chi connectivity index (χ1v) is 6.58. The maximum Gasteiger partial charge on any atom is 0.248 e. The van der Waals surface area contributed by atoms with Crippen LogP contribution in [0.5, 0.6) is 0 Å². The Balaban J connectivity index is 1.78. The van der Waals surface area contributed by atoms with E-state index in [0.717, 1.165) is 11.4 Å². The van der Waals surface area contributed by atoms with Crippen LogP contribution in [0.1, 0.15) is 11.4 Å². The lowest BCUT2D eigenvalue weighted by Gasteiger charge is -2.29. The summed E-state index contributed by atoms with van der Waals surface area (Å²) in [7, 11) is 1.73. The highest BCUT2D eigenvalue weighted by Crippen LogP contribution is 2.05. The number of ether oxygens (including phenoxy) is 1. The molecule has 1 aliphatic heterocycles. The highest BCUT2D eigenvalue weighted by molar-refractivity contribution is 5.78. The standard InChI is InChI=1S/C13H20N4O3/c1-9-10(2)17(8-15-9)6-12(18)14-4-11-5-16(3)13(19)7-20-11/h8,11H,4-7H2,1-3H3,(H,14,18). The Labute approximate surface area is 117 Å². The normalized spacial score (nSPS) is 19.2. The number of carbonyl (C=O) groups excluding carboxylic acids is 2. The number of hydrogen-bond acceptors (Lipinski definition) is 4. The van der Waals surface area contributed by atoms with Gasteiger partial charge < -0.3 is 19.5 Å². The third kappa shape index (κ3) is 3.36. The van der Waals surface area contributed by atoms with Gasteiger partial charge in [0.05, 0.1) is 18.1 Å². The average molecular weight is 280 g/mol. The van der Waals surface area contributed by atoms with Gasteiger partial charge in [0, 0.05) is 25.8 Å². The molecule has 1 N–H and O–H groups in total. The second kappa shape index (κ2) is 6.04. The molecule has 1 aliphatic rings. The number of aryl methyl sites for hydroxylation is 1. The van der Waals surface area contributed by atoms with Crippen molar-refractivity contribution in [2.75, 3.05) is 26.7 Å². The summed E-state index contributed by atoms with van der Waals surface area (Å²) in [6, 6.07) is 0. The molecule has 7 heteroatoms. The zero-order valence-electron chi connectivity index (χ0n) is 12.0. The molecule has 1 unspecified atom stereocenters. The molecule has 110 valence electrons. The zero-order valence-corrected chi connectivity index (χ0v) is 12.0. The quantitative estimate of drug-likeness (QED) is 0.804. The predicted octanol–water partition coefficient (Wildman–Crippen LogP) is -0.527. The van der Waals surface area contributed by atoms with E-state index >= 15 is 0 Å². The van der Waals surface area contributed by atoms with Crippen LogP contribution in [0.3, 0.4) is 0 Å². The minimum Gasteiger partial charge on any atom is -0.365 e. The molecule has 1 aromatic rings. The zero-order chi connectivity index (χ0) is 14.7. The van der Waals surface area contributed by atoms with Crippen LogP contribution in [-0.4, -0.2) is 59.1 Å². The minimum atomic E-state index is -0.146. The molecule has 0 aliphatic carbocycles. The van der Waals surface area contributed by atoms with Crippen LogP contribution < -0.4 is 5.32 Å². The van der Waals surface area contributed by atoms with Crippen molar-refractivity contribution in [1.82, 2.24) is 19.8 Å². The van der Waals surface area contributed by atoms with Gasteiger partial charge in [-0.05, 0) is 13.8 Å². The van der Waals surface area contributed by atoms with E-state index in [1.807, 2.05) is 18.4 Å². The molecule has 2 amide bonds. The van der Waals surface area contributed by atoms with Crippen LogP contribution in [0.4, 0.5) is 0 Å². The van der Waals surface area contributed by atoms with Crippen molar-refractivity contribution in [3.63, 3.8) is 0 Å². The van der Waals surface area contributed by atoms with E-state index in [2.05, 4.69) is 10.3 Å². The van der Waals surface area contributed by atoms with E-state index < -0.39 is 0 Å². The van der Waals surface area contributed by atoms with Crippen LogP contribution in [0.2, 0.25) is 0 Å². The topological polar surface area (TPSA) is 76.5 Å². The maximum atomic E-state index is 11.9. The summed E-state index contributed by atoms with van der Waals surface area (Å²) in [6.45, 7) is 5.07. The predicted molar refractivity (Wildman–Crippen MR) is 72.1 cm³/mol. The third-order valence-corrected chi connectivity index (χ3v) is 3.53. The summed E-state index contributed by atoms with van der Waals surface area (Å²) in [6.07, 6.45) is 1.51. The van der Waals surface area contributed by atoms with Gasteiger partial charge in [0.25, 0.3) is 0 Å². The van der Waals surface area contributed by atoms with Gasteiger partial charge in [-0.15, -0.1) is 0 Å². The lowest BCUT2D eigenvalue weighted by Crippen LogP contribution is -2.49. The first-order chi connectivity index (χ1) is 9.47. The number of carbonyl (C=O) groups is 2. The number of rotatable bonds is 4. The molecule has 1 aromatic heterocycles. The van der Waals surface area contributed by atoms with Crippen molar-refractivity contribution in [2.24, 2.45) is 0 Å². The van der Waals surface area contributed by atoms with Crippen molar-refractivity contribution < 1.29 is 14.3 Å². The van der Waals surface area contributed by atoms with Gasteiger partial charge in [-0.25, -0.2) is 4.98 Å². The second-order valence-electron chi connectivity index (χ2n) is 5.05. The van der Waals surface area contributed by atoms with Gasteiger partial charge in [0.15, 0.2) is 0 Å². The fraction of sp³-hybridized carbons (Fsp3) is 0.615. The molecule has 2 rings (SSSR count). The number of morpholine rings is 1. The SMILES string of the molecule is Cc1ncn(CC(=O)NCC2CN(C)C(=O)CO2)c1C. The van der Waals surface area contributed by atoms with Crippen LogP contribution in [-0.2, 0) is 20.9 Å². The Bertz CT molecular complexity index is 512. The molecule has 1 atom stereocenters. The van der Waals surface area contributed by atoms with Crippen LogP contribution in [0, 0.1) is 13.8 Å². The van der Waals surface area contributed by atoms with Crippen molar-refractivity contribution in [3.05, 3.63) is 17.7 Å². The van der Waals surface area contributed by atoms with Crippen molar-refractivity contribution in [3.8, 4) is 0 Å². The molecule has 0 radical (unpaired) electrons. The monoisotopic (exact) mass is 280 g/mol. The summed E-state index contributed by atoms with van der Waals surface area (Å²) in [5.41, 5.74) is 1.91. The smallest absolute Gasteiger partial charge is 0.248 e. The summed E-state index contributed by atoms with van der Waals surface area (Å²) in [5.74, 6) is -0.120. The molecular formula is C13H20N4O3. The summed E-state index contributed by atoms with van der Waals surface area (Å²) < 4.78 is 7.17. The number of nitrogens with zero attached hydrogens (tertiary/aromatic N) is 3. The number of imidazole rings is 1. The Kier molecular flexibility index (Phi) is 4.39. The molecular weight excluding hydrogens is 260 g/mol. The molecule has 2 heterocycles. The Hall–Kier alpha value is -1.89. The number of hydrogen-bond donors (Lipinski definition) is 1. The lowest BCUT2D eigenvalue weighted by atomic mass is 10.2. The van der Waals surface area contributed by atoms with Crippen molar-refractivity contribution in [2.45, 2.75) is 26.5 Å². The maximum absolute atomic E-state index is 11.9. The number of likely N-dealkylation sites (N-methyl/N-ethyl adjacent to an activating group) is 1. The minimum absolute atomic E-state index is 0.0305. The van der Waals surface area contributed by atoms with Crippen molar-refractivity contribution in [1.29, 1.82) is 0 Å². The first kappa shape index (κ1) is 14.5. The number of amides is 2. The fourth-order valence-corrected chi connectivity index (χ4v) is 2.02. The van der Waals surface area contributed by atoms with Gasteiger partial charge >= 0.3 is 0 Å². The Morgan fingerprint density at radius 1 is 1.55 bits per heavy atom. The van der Waals surface area contributed by atoms with E-state index in [-0.39, 0.29) is 31.1 Å². The fourth-order valence-electron chi connectivity index (χ4n) is 2.02. The van der Waals surface area contributed by atoms with E-state index in [0.29, 0.717) is 13.1 Å². The third-order valence-electron chi connectivity index (χ3n) is 3.53. The average Bonchev–Trinajstić information content (AvgIpc) is 2.72. The van der Waals surface area contributed by atoms with E-state index in [1.54, 1.807) is 18.3 Å². The van der Waals surface area contributed by atoms with Crippen LogP contribution >= 0.6 is 0 Å². The summed E-state index contributed by atoms with van der Waals surface area (Å²) >= 11 is 0. The van der Waals surface area contributed by atoms with E-state index in [1.165, 1.54) is 0 Å². The second-order valence-corrected chi connectivity index (χ2v) is 5.05. The van der Waals surface area contributed by atoms with E-state index in [9.17, 15) is 9.59 Å². The van der Waals surface area contributed by atoms with Gasteiger partial charge in [-0.3, -0.25) is 9.59 Å². The molecule has 0 spiro atoms. The molecule has 1 fully saturated rings. The van der Waals surface area contributed by atoms with Crippen LogP contribution in [0.15, 0.2) is 6.33 Å². The van der Waals surface area contributed by atoms with E-state index in [4.69, 9.17) is 4.74 Å². The van der Waals surface area contributed by atoms with Gasteiger partial charge in [0.2, 0.25) is 11.8 Å². The first-order valence-electron chi connectivity index (χ1n) is 6.58. The largest absolute Gasteiger partial charge is 0.365 e. The number of nitrogens with one attached hydrogen (secondary N) is 1. The highest BCUT2D eigenvalue weighted by Gasteiger charge is 2.23. The summed E-state index contributed by atoms with van der Waals surface area (Å²) in [5, 5.41) is 2.82. The molecule has 1 saturated heterocycles. The van der Waals surface area contributed by atoms with Crippen LogP contribution in [0.25, 0.3) is 0 Å². The van der Waals surface area contributed by atoms with Gasteiger partial charge in [-0.1, -0.05) is 0 Å². The Morgan fingerprint density at radius 2 is 2.30 bits per heavy atom. The molecule has 0 saturated carbocycles. The van der Waals surface area contributed by atoms with Gasteiger partial charge in [0.1, 0.15) is 13.2 Å². The molecule has 7 nitrogen and oxygen atoms in total. The molecule has 0 bridgehead atoms. The lowest BCUT2D eigenvalue weighted by molar-refractivity contribution is -0.146. The van der Waals surface area contributed by atoms with Crippen molar-refractivity contribution >= 4 is 11.8 Å². The highest BCUT2D eigenvalue weighted by atomic mass is 16.5.